The maximum atomic E-state index is 12.8. The number of carbonyl (C=O) groups excluding carboxylic acids is 3. The molecule has 0 rings (SSSR count). The summed E-state index contributed by atoms with van der Waals surface area (Å²) < 4.78 is 16.8. The summed E-state index contributed by atoms with van der Waals surface area (Å²) in [5.74, 6) is 1.62. The number of carbonyl (C=O) groups is 3. The van der Waals surface area contributed by atoms with Crippen LogP contribution < -0.4 is 0 Å². The van der Waals surface area contributed by atoms with Gasteiger partial charge in [-0.1, -0.05) is 266 Å². The third kappa shape index (κ3) is 49.4. The molecule has 0 unspecified atom stereocenters. The standard InChI is InChI=1S/C56H108O6/c1-50(2)42-36-30-24-19-15-11-8-7-9-13-17-21-27-33-39-45-54(57)60-48-53(49-61-55(58)46-40-34-29-23-26-32-38-44-52(5)6)62-56(59)47-41-35-28-22-18-14-10-12-16-20-25-31-37-43-51(3)4/h50-53H,7-49H2,1-6H3/t53-/m0/s1. The van der Waals surface area contributed by atoms with Gasteiger partial charge in [-0.05, 0) is 37.0 Å². The van der Waals surface area contributed by atoms with Crippen molar-refractivity contribution in [3.05, 3.63) is 0 Å². The van der Waals surface area contributed by atoms with E-state index in [4.69, 9.17) is 14.2 Å². The molecule has 0 aromatic carbocycles. The van der Waals surface area contributed by atoms with E-state index < -0.39 is 6.10 Å². The first-order valence-electron chi connectivity index (χ1n) is 27.6. The van der Waals surface area contributed by atoms with Gasteiger partial charge in [0.1, 0.15) is 13.2 Å². The highest BCUT2D eigenvalue weighted by Gasteiger charge is 2.19. The number of hydrogen-bond donors (Lipinski definition) is 0. The highest BCUT2D eigenvalue weighted by molar-refractivity contribution is 5.71. The average molecular weight is 877 g/mol. The van der Waals surface area contributed by atoms with Crippen molar-refractivity contribution in [2.75, 3.05) is 13.2 Å². The molecular weight excluding hydrogens is 769 g/mol. The van der Waals surface area contributed by atoms with Crippen LogP contribution in [0.25, 0.3) is 0 Å². The van der Waals surface area contributed by atoms with E-state index in [0.29, 0.717) is 19.3 Å². The third-order valence-electron chi connectivity index (χ3n) is 12.6. The van der Waals surface area contributed by atoms with Gasteiger partial charge in [0.15, 0.2) is 6.10 Å². The molecule has 0 fully saturated rings. The Hall–Kier alpha value is -1.59. The summed E-state index contributed by atoms with van der Waals surface area (Å²) in [6.07, 6.45) is 48.2. The van der Waals surface area contributed by atoms with Gasteiger partial charge in [-0.15, -0.1) is 0 Å². The quantitative estimate of drug-likeness (QED) is 0.0344. The number of unbranched alkanes of at least 4 members (excludes halogenated alkanes) is 32. The van der Waals surface area contributed by atoms with Gasteiger partial charge in [-0.2, -0.15) is 0 Å². The monoisotopic (exact) mass is 877 g/mol. The number of ether oxygens (including phenoxy) is 3. The molecular formula is C56H108O6. The minimum absolute atomic E-state index is 0.0644. The Morgan fingerprint density at radius 2 is 0.468 bits per heavy atom. The summed E-state index contributed by atoms with van der Waals surface area (Å²) >= 11 is 0. The van der Waals surface area contributed by atoms with Crippen LogP contribution in [0.3, 0.4) is 0 Å². The van der Waals surface area contributed by atoms with Crippen LogP contribution in [-0.4, -0.2) is 37.2 Å². The molecule has 6 nitrogen and oxygen atoms in total. The molecule has 368 valence electrons. The van der Waals surface area contributed by atoms with Crippen LogP contribution in [0.15, 0.2) is 0 Å². The molecule has 0 radical (unpaired) electrons. The second-order valence-electron chi connectivity index (χ2n) is 20.6. The Labute approximate surface area is 387 Å². The maximum Gasteiger partial charge on any atom is 0.306 e. The smallest absolute Gasteiger partial charge is 0.306 e. The van der Waals surface area contributed by atoms with Crippen LogP contribution >= 0.6 is 0 Å². The van der Waals surface area contributed by atoms with Crippen molar-refractivity contribution in [1.82, 2.24) is 0 Å². The fourth-order valence-electron chi connectivity index (χ4n) is 8.47. The molecule has 1 atom stereocenters. The van der Waals surface area contributed by atoms with E-state index in [0.717, 1.165) is 75.5 Å². The summed E-state index contributed by atoms with van der Waals surface area (Å²) in [6, 6.07) is 0. The molecule has 0 saturated carbocycles. The van der Waals surface area contributed by atoms with Crippen molar-refractivity contribution in [3.63, 3.8) is 0 Å². The molecule has 6 heteroatoms. The van der Waals surface area contributed by atoms with Crippen molar-refractivity contribution in [2.45, 2.75) is 311 Å². The first-order chi connectivity index (χ1) is 30.1. The minimum Gasteiger partial charge on any atom is -0.462 e. The van der Waals surface area contributed by atoms with Gasteiger partial charge >= 0.3 is 17.9 Å². The van der Waals surface area contributed by atoms with Gasteiger partial charge in [0.2, 0.25) is 0 Å². The summed E-state index contributed by atoms with van der Waals surface area (Å²) in [7, 11) is 0. The van der Waals surface area contributed by atoms with Gasteiger partial charge < -0.3 is 14.2 Å². The topological polar surface area (TPSA) is 78.9 Å². The number of esters is 3. The first kappa shape index (κ1) is 60.4. The fraction of sp³-hybridized carbons (Fsp3) is 0.946. The number of rotatable bonds is 49. The van der Waals surface area contributed by atoms with E-state index >= 15 is 0 Å². The van der Waals surface area contributed by atoms with Crippen molar-refractivity contribution in [1.29, 1.82) is 0 Å². The molecule has 0 aromatic heterocycles. The number of hydrogen-bond acceptors (Lipinski definition) is 6. The van der Waals surface area contributed by atoms with Gasteiger partial charge in [0, 0.05) is 19.3 Å². The summed E-state index contributed by atoms with van der Waals surface area (Å²) in [5, 5.41) is 0. The molecule has 0 bridgehead atoms. The Morgan fingerprint density at radius 3 is 0.694 bits per heavy atom. The molecule has 0 saturated heterocycles. The first-order valence-corrected chi connectivity index (χ1v) is 27.6. The zero-order chi connectivity index (χ0) is 45.6. The molecule has 0 aliphatic heterocycles. The summed E-state index contributed by atoms with van der Waals surface area (Å²) in [4.78, 5) is 38.0. The normalized spacial score (nSPS) is 12.1. The van der Waals surface area contributed by atoms with Crippen LogP contribution in [0, 0.1) is 17.8 Å². The lowest BCUT2D eigenvalue weighted by Crippen LogP contribution is -2.30. The Morgan fingerprint density at radius 1 is 0.274 bits per heavy atom. The second-order valence-corrected chi connectivity index (χ2v) is 20.6. The van der Waals surface area contributed by atoms with E-state index in [9.17, 15) is 14.4 Å². The molecule has 0 spiro atoms. The average Bonchev–Trinajstić information content (AvgIpc) is 3.23. The lowest BCUT2D eigenvalue weighted by molar-refractivity contribution is -0.167. The molecule has 0 amide bonds. The molecule has 0 N–H and O–H groups in total. The van der Waals surface area contributed by atoms with Crippen molar-refractivity contribution < 1.29 is 28.6 Å². The van der Waals surface area contributed by atoms with Crippen LogP contribution in [0.5, 0.6) is 0 Å². The summed E-state index contributed by atoms with van der Waals surface area (Å²) in [5.41, 5.74) is 0. The van der Waals surface area contributed by atoms with Crippen molar-refractivity contribution >= 4 is 17.9 Å². The predicted molar refractivity (Wildman–Crippen MR) is 266 cm³/mol. The van der Waals surface area contributed by atoms with Crippen LogP contribution in [0.2, 0.25) is 0 Å². The van der Waals surface area contributed by atoms with Crippen LogP contribution in [0.4, 0.5) is 0 Å². The zero-order valence-electron chi connectivity index (χ0n) is 42.7. The SMILES string of the molecule is CC(C)CCCCCCCCCCCCCCCCCC(=O)OC[C@@H](COC(=O)CCCCCCCCCC(C)C)OC(=O)CCCCCCCCCCCCCCCC(C)C. The summed E-state index contributed by atoms with van der Waals surface area (Å²) in [6.45, 7) is 13.7. The van der Waals surface area contributed by atoms with E-state index in [-0.39, 0.29) is 31.1 Å². The van der Waals surface area contributed by atoms with Gasteiger partial charge in [0.05, 0.1) is 0 Å². The van der Waals surface area contributed by atoms with Gasteiger partial charge in [-0.25, -0.2) is 0 Å². The molecule has 0 aliphatic rings. The highest BCUT2D eigenvalue weighted by atomic mass is 16.6. The maximum absolute atomic E-state index is 12.8. The Kier molecular flexibility index (Phi) is 46.2. The van der Waals surface area contributed by atoms with E-state index in [2.05, 4.69) is 41.5 Å². The molecule has 0 aliphatic carbocycles. The van der Waals surface area contributed by atoms with Crippen LogP contribution in [0.1, 0.15) is 305 Å². The van der Waals surface area contributed by atoms with E-state index in [1.807, 2.05) is 0 Å². The van der Waals surface area contributed by atoms with Gasteiger partial charge in [0.25, 0.3) is 0 Å². The predicted octanol–water partition coefficient (Wildman–Crippen LogP) is 17.9. The lowest BCUT2D eigenvalue weighted by Gasteiger charge is -2.18. The Balaban J connectivity index is 4.26. The minimum atomic E-state index is -0.763. The van der Waals surface area contributed by atoms with E-state index in [1.165, 1.54) is 186 Å². The Bertz CT molecular complexity index is 960. The highest BCUT2D eigenvalue weighted by Crippen LogP contribution is 2.18. The van der Waals surface area contributed by atoms with Gasteiger partial charge in [-0.3, -0.25) is 14.4 Å². The third-order valence-corrected chi connectivity index (χ3v) is 12.6. The zero-order valence-corrected chi connectivity index (χ0v) is 42.7. The second kappa shape index (κ2) is 47.4. The molecule has 0 aromatic rings. The molecule has 62 heavy (non-hydrogen) atoms. The molecule has 0 heterocycles. The van der Waals surface area contributed by atoms with Crippen LogP contribution in [-0.2, 0) is 28.6 Å². The van der Waals surface area contributed by atoms with E-state index in [1.54, 1.807) is 0 Å². The van der Waals surface area contributed by atoms with Crippen molar-refractivity contribution in [3.8, 4) is 0 Å². The fourth-order valence-corrected chi connectivity index (χ4v) is 8.47. The largest absolute Gasteiger partial charge is 0.462 e. The van der Waals surface area contributed by atoms with Crippen molar-refractivity contribution in [2.24, 2.45) is 17.8 Å². The lowest BCUT2D eigenvalue weighted by atomic mass is 10.0.